The highest BCUT2D eigenvalue weighted by Crippen LogP contribution is 2.33. The van der Waals surface area contributed by atoms with Crippen LogP contribution in [-0.4, -0.2) is 47.7 Å². The Labute approximate surface area is 143 Å². The van der Waals surface area contributed by atoms with Gasteiger partial charge in [-0.15, -0.1) is 0 Å². The normalized spacial score (nSPS) is 28.1. The maximum absolute atomic E-state index is 12.4. The van der Waals surface area contributed by atoms with E-state index in [4.69, 9.17) is 9.47 Å². The SMILES string of the molecule is Cc1nn(C)c(C)c1[C@H]1OCC[C@@H]1NC(=O)N[C@@H](C)[C@@H]1CCOC1. The molecule has 0 radical (unpaired) electrons. The molecule has 0 saturated carbocycles. The number of carbonyl (C=O) groups is 1. The fourth-order valence-corrected chi connectivity index (χ4v) is 3.71. The number of hydrogen-bond donors (Lipinski definition) is 2. The lowest BCUT2D eigenvalue weighted by molar-refractivity contribution is 0.0986. The first-order chi connectivity index (χ1) is 11.5. The van der Waals surface area contributed by atoms with E-state index in [0.717, 1.165) is 43.0 Å². The first-order valence-electron chi connectivity index (χ1n) is 8.74. The predicted octanol–water partition coefficient (Wildman–Crippen LogP) is 1.59. The van der Waals surface area contributed by atoms with Gasteiger partial charge in [0, 0.05) is 43.5 Å². The molecule has 4 atom stereocenters. The van der Waals surface area contributed by atoms with Crippen LogP contribution in [0.3, 0.4) is 0 Å². The van der Waals surface area contributed by atoms with Gasteiger partial charge in [-0.05, 0) is 33.6 Å². The number of aryl methyl sites for hydroxylation is 2. The standard InChI is InChI=1S/C17H28N4O3/c1-10(13-5-7-23-9-13)18-17(22)19-14-6-8-24-16(14)15-11(2)20-21(4)12(15)3/h10,13-14,16H,5-9H2,1-4H3,(H2,18,19,22)/t10-,13+,14-,16-/m0/s1. The minimum absolute atomic E-state index is 0.0290. The van der Waals surface area contributed by atoms with Crippen molar-refractivity contribution in [2.75, 3.05) is 19.8 Å². The topological polar surface area (TPSA) is 77.4 Å². The molecular weight excluding hydrogens is 308 g/mol. The predicted molar refractivity (Wildman–Crippen MR) is 89.8 cm³/mol. The van der Waals surface area contributed by atoms with Crippen LogP contribution in [0, 0.1) is 19.8 Å². The third-order valence-corrected chi connectivity index (χ3v) is 5.29. The zero-order chi connectivity index (χ0) is 17.3. The molecule has 24 heavy (non-hydrogen) atoms. The number of aromatic nitrogens is 2. The molecule has 134 valence electrons. The van der Waals surface area contributed by atoms with E-state index in [2.05, 4.69) is 15.7 Å². The van der Waals surface area contributed by atoms with E-state index in [-0.39, 0.29) is 24.2 Å². The van der Waals surface area contributed by atoms with E-state index in [1.807, 2.05) is 32.5 Å². The molecule has 7 heteroatoms. The molecule has 3 heterocycles. The Hall–Kier alpha value is -1.60. The molecule has 0 bridgehead atoms. The van der Waals surface area contributed by atoms with Crippen LogP contribution in [-0.2, 0) is 16.5 Å². The molecule has 2 aliphatic rings. The van der Waals surface area contributed by atoms with E-state index in [1.54, 1.807) is 0 Å². The zero-order valence-corrected chi connectivity index (χ0v) is 15.0. The lowest BCUT2D eigenvalue weighted by atomic mass is 10.00. The summed E-state index contributed by atoms with van der Waals surface area (Å²) in [5, 5.41) is 10.6. The molecule has 1 aromatic rings. The smallest absolute Gasteiger partial charge is 0.315 e. The highest BCUT2D eigenvalue weighted by atomic mass is 16.5. The maximum Gasteiger partial charge on any atom is 0.315 e. The molecule has 1 aromatic heterocycles. The zero-order valence-electron chi connectivity index (χ0n) is 15.0. The van der Waals surface area contributed by atoms with Crippen molar-refractivity contribution in [2.45, 2.75) is 51.8 Å². The van der Waals surface area contributed by atoms with Crippen LogP contribution in [0.15, 0.2) is 0 Å². The fraction of sp³-hybridized carbons (Fsp3) is 0.765. The van der Waals surface area contributed by atoms with Crippen molar-refractivity contribution in [2.24, 2.45) is 13.0 Å². The van der Waals surface area contributed by atoms with Crippen LogP contribution < -0.4 is 10.6 Å². The number of rotatable bonds is 4. The third-order valence-electron chi connectivity index (χ3n) is 5.29. The van der Waals surface area contributed by atoms with E-state index < -0.39 is 0 Å². The largest absolute Gasteiger partial charge is 0.381 e. The van der Waals surface area contributed by atoms with Crippen molar-refractivity contribution < 1.29 is 14.3 Å². The number of hydrogen-bond acceptors (Lipinski definition) is 4. The molecule has 0 aromatic carbocycles. The van der Waals surface area contributed by atoms with Crippen molar-refractivity contribution >= 4 is 6.03 Å². The van der Waals surface area contributed by atoms with Crippen LogP contribution >= 0.6 is 0 Å². The Morgan fingerprint density at radius 3 is 2.75 bits per heavy atom. The second-order valence-corrected chi connectivity index (χ2v) is 6.92. The van der Waals surface area contributed by atoms with Gasteiger partial charge in [-0.1, -0.05) is 0 Å². The summed E-state index contributed by atoms with van der Waals surface area (Å²) in [6.45, 7) is 8.23. The van der Waals surface area contributed by atoms with Crippen LogP contribution in [0.5, 0.6) is 0 Å². The Bertz CT molecular complexity index is 595. The van der Waals surface area contributed by atoms with Crippen LogP contribution in [0.4, 0.5) is 4.79 Å². The summed E-state index contributed by atoms with van der Waals surface area (Å²) in [5.41, 5.74) is 3.14. The number of urea groups is 1. The van der Waals surface area contributed by atoms with Gasteiger partial charge in [-0.3, -0.25) is 4.68 Å². The number of ether oxygens (including phenoxy) is 2. The first kappa shape index (κ1) is 17.2. The van der Waals surface area contributed by atoms with Gasteiger partial charge < -0.3 is 20.1 Å². The monoisotopic (exact) mass is 336 g/mol. The molecule has 0 unspecified atom stereocenters. The second kappa shape index (κ2) is 7.11. The Morgan fingerprint density at radius 2 is 2.12 bits per heavy atom. The van der Waals surface area contributed by atoms with Gasteiger partial charge in [-0.2, -0.15) is 5.10 Å². The summed E-state index contributed by atoms with van der Waals surface area (Å²) < 4.78 is 13.2. The average Bonchev–Trinajstić information content (AvgIpc) is 3.23. The molecule has 2 amide bonds. The minimum atomic E-state index is -0.130. The lowest BCUT2D eigenvalue weighted by Gasteiger charge is -2.24. The van der Waals surface area contributed by atoms with Crippen molar-refractivity contribution in [3.63, 3.8) is 0 Å². The van der Waals surface area contributed by atoms with Gasteiger partial charge in [0.25, 0.3) is 0 Å². The van der Waals surface area contributed by atoms with E-state index in [1.165, 1.54) is 0 Å². The van der Waals surface area contributed by atoms with E-state index >= 15 is 0 Å². The number of nitrogens with one attached hydrogen (secondary N) is 2. The Morgan fingerprint density at radius 1 is 1.33 bits per heavy atom. The summed E-state index contributed by atoms with van der Waals surface area (Å²) in [6, 6.07) is -0.0529. The summed E-state index contributed by atoms with van der Waals surface area (Å²) in [7, 11) is 1.93. The summed E-state index contributed by atoms with van der Waals surface area (Å²) in [6.07, 6.45) is 1.69. The van der Waals surface area contributed by atoms with Crippen molar-refractivity contribution in [3.8, 4) is 0 Å². The third kappa shape index (κ3) is 3.42. The quantitative estimate of drug-likeness (QED) is 0.875. The van der Waals surface area contributed by atoms with Crippen LogP contribution in [0.1, 0.15) is 42.8 Å². The first-order valence-corrected chi connectivity index (χ1v) is 8.74. The molecule has 2 N–H and O–H groups in total. The number of amides is 2. The molecule has 0 aliphatic carbocycles. The molecule has 3 rings (SSSR count). The Kier molecular flexibility index (Phi) is 5.10. The highest BCUT2D eigenvalue weighted by Gasteiger charge is 2.35. The average molecular weight is 336 g/mol. The number of nitrogens with zero attached hydrogens (tertiary/aromatic N) is 2. The van der Waals surface area contributed by atoms with E-state index in [0.29, 0.717) is 12.5 Å². The van der Waals surface area contributed by atoms with Gasteiger partial charge in [0.1, 0.15) is 6.10 Å². The Balaban J connectivity index is 1.62. The minimum Gasteiger partial charge on any atom is -0.381 e. The second-order valence-electron chi connectivity index (χ2n) is 6.92. The maximum atomic E-state index is 12.4. The highest BCUT2D eigenvalue weighted by molar-refractivity contribution is 5.74. The van der Waals surface area contributed by atoms with Crippen molar-refractivity contribution in [3.05, 3.63) is 17.0 Å². The number of carbonyl (C=O) groups excluding carboxylic acids is 1. The molecule has 0 spiro atoms. The van der Waals surface area contributed by atoms with Crippen molar-refractivity contribution in [1.82, 2.24) is 20.4 Å². The fourth-order valence-electron chi connectivity index (χ4n) is 3.71. The molecule has 2 fully saturated rings. The molecule has 2 aliphatic heterocycles. The van der Waals surface area contributed by atoms with Crippen LogP contribution in [0.25, 0.3) is 0 Å². The molecular formula is C17H28N4O3. The van der Waals surface area contributed by atoms with Crippen molar-refractivity contribution in [1.29, 1.82) is 0 Å². The van der Waals surface area contributed by atoms with E-state index in [9.17, 15) is 4.79 Å². The van der Waals surface area contributed by atoms with Crippen LogP contribution in [0.2, 0.25) is 0 Å². The van der Waals surface area contributed by atoms with Gasteiger partial charge in [0.2, 0.25) is 0 Å². The molecule has 7 nitrogen and oxygen atoms in total. The molecule has 2 saturated heterocycles. The van der Waals surface area contributed by atoms with Gasteiger partial charge in [0.15, 0.2) is 0 Å². The summed E-state index contributed by atoms with van der Waals surface area (Å²) >= 11 is 0. The lowest BCUT2D eigenvalue weighted by Crippen LogP contribution is -2.48. The van der Waals surface area contributed by atoms with Gasteiger partial charge in [0.05, 0.1) is 18.3 Å². The summed E-state index contributed by atoms with van der Waals surface area (Å²) in [4.78, 5) is 12.4. The summed E-state index contributed by atoms with van der Waals surface area (Å²) in [5.74, 6) is 0.397. The van der Waals surface area contributed by atoms with Gasteiger partial charge >= 0.3 is 6.03 Å². The van der Waals surface area contributed by atoms with Gasteiger partial charge in [-0.25, -0.2) is 4.79 Å².